The molecule has 0 aliphatic heterocycles. The van der Waals surface area contributed by atoms with Gasteiger partial charge in [0.05, 0.1) is 0 Å². The molecule has 0 aromatic rings. The van der Waals surface area contributed by atoms with Gasteiger partial charge in [0.25, 0.3) is 0 Å². The number of alkyl halides is 12. The molecule has 4 atom stereocenters. The number of fused-ring (bicyclic) bond motifs is 2. The first kappa shape index (κ1) is 40.1. The van der Waals surface area contributed by atoms with Gasteiger partial charge in [-0.15, -0.1) is 0 Å². The third-order valence-corrected chi connectivity index (χ3v) is 8.15. The molecule has 0 aromatic carbocycles. The van der Waals surface area contributed by atoms with Crippen LogP contribution in [0.3, 0.4) is 0 Å². The molecule has 0 amide bonds. The zero-order valence-corrected chi connectivity index (χ0v) is 24.5. The van der Waals surface area contributed by atoms with Gasteiger partial charge in [0.2, 0.25) is 0 Å². The van der Waals surface area contributed by atoms with Crippen LogP contribution in [0, 0.1) is 23.7 Å². The Morgan fingerprint density at radius 3 is 1.04 bits per heavy atom. The minimum absolute atomic E-state index is 0.319. The van der Waals surface area contributed by atoms with Crippen LogP contribution < -0.4 is 0 Å². The molecule has 2 aliphatic rings. The van der Waals surface area contributed by atoms with Crippen molar-refractivity contribution in [3.63, 3.8) is 0 Å². The Balaban J connectivity index is 2.17. The summed E-state index contributed by atoms with van der Waals surface area (Å²) in [6, 6.07) is 0. The fourth-order valence-electron chi connectivity index (χ4n) is 6.32. The van der Waals surface area contributed by atoms with E-state index in [1.807, 2.05) is 0 Å². The predicted molar refractivity (Wildman–Crippen MR) is 124 cm³/mol. The second-order valence-electron chi connectivity index (χ2n) is 12.1. The first-order chi connectivity index (χ1) is 20.8. The van der Waals surface area contributed by atoms with Gasteiger partial charge < -0.3 is 29.2 Å². The highest BCUT2D eigenvalue weighted by molar-refractivity contribution is 5.85. The van der Waals surface area contributed by atoms with Crippen LogP contribution in [0.2, 0.25) is 0 Å². The SMILES string of the molecule is CC(C)(OC(=O)COC(=O)C(O)(C(F)(F)F)C(F)(F)F)C1C2CCC(C2)C1C(C)(C)OC(=O)COC(=O)C(O)(C(F)(F)F)C(F)(F)F. The summed E-state index contributed by atoms with van der Waals surface area (Å²) in [5.41, 5.74) is -15.3. The Kier molecular flexibility index (Phi) is 10.6. The summed E-state index contributed by atoms with van der Waals surface area (Å²) in [5, 5.41) is 18.1. The molecule has 2 N–H and O–H groups in total. The van der Waals surface area contributed by atoms with Crippen LogP contribution in [0.25, 0.3) is 0 Å². The van der Waals surface area contributed by atoms with E-state index < -0.39 is 96.0 Å². The lowest BCUT2D eigenvalue weighted by molar-refractivity contribution is -0.357. The van der Waals surface area contributed by atoms with Crippen LogP contribution in [0.5, 0.6) is 0 Å². The van der Waals surface area contributed by atoms with Gasteiger partial charge in [0, 0.05) is 11.8 Å². The first-order valence-electron chi connectivity index (χ1n) is 13.3. The molecular weight excluding hydrogens is 688 g/mol. The molecule has 10 nitrogen and oxygen atoms in total. The number of halogens is 12. The summed E-state index contributed by atoms with van der Waals surface area (Å²) in [6.45, 7) is 1.38. The molecule has 0 spiro atoms. The van der Waals surface area contributed by atoms with Crippen LogP contribution in [0.15, 0.2) is 0 Å². The molecular formula is C25H28F12O10. The summed E-state index contributed by atoms with van der Waals surface area (Å²) < 4.78 is 172. The van der Waals surface area contributed by atoms with Crippen molar-refractivity contribution in [2.75, 3.05) is 13.2 Å². The molecule has 0 radical (unpaired) electrons. The van der Waals surface area contributed by atoms with Gasteiger partial charge in [-0.3, -0.25) is 0 Å². The summed E-state index contributed by atoms with van der Waals surface area (Å²) in [6.07, 6.45) is -25.0. The van der Waals surface area contributed by atoms with Crippen molar-refractivity contribution in [3.8, 4) is 0 Å². The molecule has 2 fully saturated rings. The van der Waals surface area contributed by atoms with Crippen LogP contribution in [0.1, 0.15) is 47.0 Å². The number of hydrogen-bond donors (Lipinski definition) is 2. The molecule has 2 rings (SSSR count). The molecule has 2 bridgehead atoms. The maximum absolute atomic E-state index is 12.9. The lowest BCUT2D eigenvalue weighted by atomic mass is 9.65. The van der Waals surface area contributed by atoms with E-state index in [0.29, 0.717) is 19.3 Å². The average molecular weight is 716 g/mol. The van der Waals surface area contributed by atoms with E-state index >= 15 is 0 Å². The summed E-state index contributed by atoms with van der Waals surface area (Å²) in [5.74, 6) is -12.1. The summed E-state index contributed by atoms with van der Waals surface area (Å²) >= 11 is 0. The maximum Gasteiger partial charge on any atom is 0.437 e. The predicted octanol–water partition coefficient (Wildman–Crippen LogP) is 4.09. The second kappa shape index (κ2) is 12.4. The van der Waals surface area contributed by atoms with Crippen molar-refractivity contribution in [1.29, 1.82) is 0 Å². The number of ether oxygens (including phenoxy) is 4. The Morgan fingerprint density at radius 2 is 0.809 bits per heavy atom. The van der Waals surface area contributed by atoms with E-state index in [9.17, 15) is 71.9 Å². The fraction of sp³-hybridized carbons (Fsp3) is 0.840. The van der Waals surface area contributed by atoms with Crippen molar-refractivity contribution in [2.24, 2.45) is 23.7 Å². The lowest BCUT2D eigenvalue weighted by Crippen LogP contribution is -2.63. The second-order valence-corrected chi connectivity index (χ2v) is 12.1. The molecule has 0 heterocycles. The van der Waals surface area contributed by atoms with Crippen molar-refractivity contribution in [3.05, 3.63) is 0 Å². The highest BCUT2D eigenvalue weighted by Crippen LogP contribution is 2.60. The van der Waals surface area contributed by atoms with Gasteiger partial charge >= 0.3 is 59.8 Å². The summed E-state index contributed by atoms with van der Waals surface area (Å²) in [7, 11) is 0. The third kappa shape index (κ3) is 7.51. The fourth-order valence-corrected chi connectivity index (χ4v) is 6.32. The number of hydrogen-bond acceptors (Lipinski definition) is 10. The van der Waals surface area contributed by atoms with Gasteiger partial charge in [0.1, 0.15) is 11.2 Å². The van der Waals surface area contributed by atoms with Gasteiger partial charge in [-0.25, -0.2) is 19.2 Å². The van der Waals surface area contributed by atoms with Crippen molar-refractivity contribution in [2.45, 2.75) is 94.1 Å². The normalized spacial score (nSPS) is 22.9. The number of aliphatic hydroxyl groups is 2. The van der Waals surface area contributed by atoms with E-state index in [4.69, 9.17) is 19.7 Å². The zero-order valence-electron chi connectivity index (χ0n) is 24.5. The standard InChI is InChI=1S/C25H28F12O10/c1-18(2,46-12(38)8-44-16(40)20(42,22(26,27)28)23(29,30)31)14-10-5-6-11(7-10)15(14)19(3,4)47-13(39)9-45-17(41)21(43,24(32,33)34)25(35,36)37/h10-11,14-15,42-43H,5-9H2,1-4H3. The van der Waals surface area contributed by atoms with Crippen LogP contribution >= 0.6 is 0 Å². The molecule has 2 aliphatic carbocycles. The van der Waals surface area contributed by atoms with Gasteiger partial charge in [0.15, 0.2) is 13.2 Å². The Hall–Kier alpha value is -3.04. The molecule has 0 aromatic heterocycles. The minimum atomic E-state index is -6.58. The molecule has 2 saturated carbocycles. The van der Waals surface area contributed by atoms with Crippen molar-refractivity contribution < 1.29 is 101 Å². The highest BCUT2D eigenvalue weighted by Gasteiger charge is 2.78. The number of carbonyl (C=O) groups excluding carboxylic acids is 4. The summed E-state index contributed by atoms with van der Waals surface area (Å²) in [4.78, 5) is 48.0. The number of esters is 4. The van der Waals surface area contributed by atoms with Crippen LogP contribution in [-0.4, -0.2) is 94.4 Å². The van der Waals surface area contributed by atoms with Crippen LogP contribution in [0.4, 0.5) is 52.7 Å². The largest absolute Gasteiger partial charge is 0.457 e. The Labute approximate surface area is 256 Å². The number of carbonyl (C=O) groups is 4. The van der Waals surface area contributed by atoms with E-state index in [2.05, 4.69) is 9.47 Å². The molecule has 22 heteroatoms. The Bertz CT molecular complexity index is 1100. The first-order valence-corrected chi connectivity index (χ1v) is 13.3. The highest BCUT2D eigenvalue weighted by atomic mass is 19.4. The van der Waals surface area contributed by atoms with E-state index in [1.54, 1.807) is 0 Å². The zero-order chi connectivity index (χ0) is 37.0. The van der Waals surface area contributed by atoms with Gasteiger partial charge in [-0.2, -0.15) is 52.7 Å². The molecule has 47 heavy (non-hydrogen) atoms. The quantitative estimate of drug-likeness (QED) is 0.193. The monoisotopic (exact) mass is 716 g/mol. The van der Waals surface area contributed by atoms with E-state index in [-0.39, 0.29) is 11.8 Å². The molecule has 0 saturated heterocycles. The van der Waals surface area contributed by atoms with Crippen molar-refractivity contribution in [1.82, 2.24) is 0 Å². The molecule has 272 valence electrons. The number of rotatable bonds is 10. The van der Waals surface area contributed by atoms with Crippen molar-refractivity contribution >= 4 is 23.9 Å². The minimum Gasteiger partial charge on any atom is -0.457 e. The maximum atomic E-state index is 12.9. The Morgan fingerprint density at radius 1 is 0.553 bits per heavy atom. The van der Waals surface area contributed by atoms with Gasteiger partial charge in [-0.1, -0.05) is 0 Å². The molecule has 4 unspecified atom stereocenters. The van der Waals surface area contributed by atoms with E-state index in [0.717, 1.165) is 0 Å². The third-order valence-electron chi connectivity index (χ3n) is 8.15. The smallest absolute Gasteiger partial charge is 0.437 e. The van der Waals surface area contributed by atoms with Gasteiger partial charge in [-0.05, 0) is 58.8 Å². The average Bonchev–Trinajstić information content (AvgIpc) is 3.49. The topological polar surface area (TPSA) is 146 Å². The van der Waals surface area contributed by atoms with Crippen LogP contribution in [-0.2, 0) is 38.1 Å². The lowest BCUT2D eigenvalue weighted by Gasteiger charge is -2.47. The van der Waals surface area contributed by atoms with E-state index in [1.165, 1.54) is 27.7 Å².